The Balaban J connectivity index is 2.09. The van der Waals surface area contributed by atoms with Crippen LogP contribution in [0.5, 0.6) is 0 Å². The number of H-pyrrole nitrogens is 1. The van der Waals surface area contributed by atoms with Crippen molar-refractivity contribution in [2.45, 2.75) is 19.9 Å². The van der Waals surface area contributed by atoms with Gasteiger partial charge in [0.25, 0.3) is 5.91 Å². The maximum atomic E-state index is 12.2. The van der Waals surface area contributed by atoms with Crippen LogP contribution in [0.4, 0.5) is 0 Å². The van der Waals surface area contributed by atoms with Gasteiger partial charge in [0.1, 0.15) is 0 Å². The molecule has 1 aromatic rings. The van der Waals surface area contributed by atoms with E-state index in [1.807, 2.05) is 11.8 Å². The molecule has 0 spiro atoms. The van der Waals surface area contributed by atoms with Crippen molar-refractivity contribution in [1.82, 2.24) is 20.0 Å². The number of piperazine rings is 1. The van der Waals surface area contributed by atoms with E-state index in [0.717, 1.165) is 25.3 Å². The van der Waals surface area contributed by atoms with E-state index in [-0.39, 0.29) is 5.91 Å². The second kappa shape index (κ2) is 4.25. The normalized spacial score (nSPS) is 22.4. The molecule has 0 radical (unpaired) electrons. The number of nitrogens with one attached hydrogen (secondary N) is 1. The molecular formula is C11H18N4O. The summed E-state index contributed by atoms with van der Waals surface area (Å²) in [5.74, 6) is 0.0891. The van der Waals surface area contributed by atoms with Gasteiger partial charge in [-0.15, -0.1) is 0 Å². The Morgan fingerprint density at radius 1 is 1.56 bits per heavy atom. The molecule has 1 atom stereocenters. The zero-order valence-electron chi connectivity index (χ0n) is 10.0. The molecule has 1 unspecified atom stereocenters. The minimum absolute atomic E-state index is 0.0891. The second-order valence-electron chi connectivity index (χ2n) is 4.49. The highest BCUT2D eigenvalue weighted by atomic mass is 16.2. The molecule has 5 nitrogen and oxygen atoms in total. The number of aromatic nitrogens is 2. The largest absolute Gasteiger partial charge is 0.336 e. The molecule has 2 rings (SSSR count). The van der Waals surface area contributed by atoms with E-state index in [9.17, 15) is 4.79 Å². The molecule has 1 amide bonds. The number of nitrogens with zero attached hydrogens (tertiary/aromatic N) is 3. The quantitative estimate of drug-likeness (QED) is 0.752. The highest BCUT2D eigenvalue weighted by Crippen LogP contribution is 2.12. The minimum atomic E-state index is 0.0891. The number of carbonyl (C=O) groups excluding carboxylic acids is 1. The third-order valence-electron chi connectivity index (χ3n) is 3.31. The summed E-state index contributed by atoms with van der Waals surface area (Å²) in [6, 6.07) is 0.421. The summed E-state index contributed by atoms with van der Waals surface area (Å²) in [5.41, 5.74) is 1.54. The van der Waals surface area contributed by atoms with Gasteiger partial charge in [-0.25, -0.2) is 0 Å². The summed E-state index contributed by atoms with van der Waals surface area (Å²) in [6.07, 6.45) is 1.61. The van der Waals surface area contributed by atoms with Crippen LogP contribution in [-0.2, 0) is 0 Å². The van der Waals surface area contributed by atoms with E-state index < -0.39 is 0 Å². The maximum Gasteiger partial charge on any atom is 0.257 e. The molecule has 5 heteroatoms. The lowest BCUT2D eigenvalue weighted by atomic mass is 10.1. The lowest BCUT2D eigenvalue weighted by molar-refractivity contribution is 0.0572. The first-order valence-electron chi connectivity index (χ1n) is 5.59. The van der Waals surface area contributed by atoms with Gasteiger partial charge >= 0.3 is 0 Å². The number of carbonyl (C=O) groups is 1. The van der Waals surface area contributed by atoms with Crippen LogP contribution in [0.25, 0.3) is 0 Å². The topological polar surface area (TPSA) is 52.2 Å². The Morgan fingerprint density at radius 3 is 2.88 bits per heavy atom. The summed E-state index contributed by atoms with van der Waals surface area (Å²) in [4.78, 5) is 16.4. The molecule has 1 N–H and O–H groups in total. The molecule has 88 valence electrons. The van der Waals surface area contributed by atoms with Crippen molar-refractivity contribution < 1.29 is 4.79 Å². The highest BCUT2D eigenvalue weighted by Gasteiger charge is 2.26. The molecular weight excluding hydrogens is 204 g/mol. The van der Waals surface area contributed by atoms with Gasteiger partial charge in [0.2, 0.25) is 0 Å². The third kappa shape index (κ3) is 1.95. The predicted octanol–water partition coefficient (Wildman–Crippen LogP) is 0.494. The van der Waals surface area contributed by atoms with E-state index in [1.54, 1.807) is 6.20 Å². The van der Waals surface area contributed by atoms with Gasteiger partial charge in [0.05, 0.1) is 11.8 Å². The molecule has 1 saturated heterocycles. The lowest BCUT2D eigenvalue weighted by Crippen LogP contribution is -2.52. The van der Waals surface area contributed by atoms with Gasteiger partial charge < -0.3 is 9.80 Å². The molecule has 0 saturated carbocycles. The molecule has 0 aromatic carbocycles. The molecule has 1 aromatic heterocycles. The monoisotopic (exact) mass is 222 g/mol. The standard InChI is InChI=1S/C11H18N4O/c1-8-7-15(5-4-14(8)3)11(16)10-6-12-13-9(10)2/h6,8H,4-5,7H2,1-3H3,(H,12,13). The fourth-order valence-corrected chi connectivity index (χ4v) is 1.97. The van der Waals surface area contributed by atoms with Gasteiger partial charge in [-0.3, -0.25) is 9.89 Å². The summed E-state index contributed by atoms with van der Waals surface area (Å²) in [6.45, 7) is 6.54. The predicted molar refractivity (Wildman–Crippen MR) is 61.3 cm³/mol. The fourth-order valence-electron chi connectivity index (χ4n) is 1.97. The Labute approximate surface area is 95.4 Å². The van der Waals surface area contributed by atoms with E-state index in [1.165, 1.54) is 0 Å². The van der Waals surface area contributed by atoms with Crippen molar-refractivity contribution in [3.63, 3.8) is 0 Å². The van der Waals surface area contributed by atoms with Crippen LogP contribution in [0, 0.1) is 6.92 Å². The van der Waals surface area contributed by atoms with Gasteiger partial charge in [-0.1, -0.05) is 0 Å². The first-order valence-corrected chi connectivity index (χ1v) is 5.59. The van der Waals surface area contributed by atoms with E-state index in [0.29, 0.717) is 11.6 Å². The molecule has 1 fully saturated rings. The summed E-state index contributed by atoms with van der Waals surface area (Å²) in [5, 5.41) is 6.69. The van der Waals surface area contributed by atoms with Crippen molar-refractivity contribution in [2.24, 2.45) is 0 Å². The number of rotatable bonds is 1. The number of aryl methyl sites for hydroxylation is 1. The number of likely N-dealkylation sites (N-methyl/N-ethyl adjacent to an activating group) is 1. The highest BCUT2D eigenvalue weighted by molar-refractivity contribution is 5.95. The zero-order valence-corrected chi connectivity index (χ0v) is 10.0. The van der Waals surface area contributed by atoms with E-state index in [4.69, 9.17) is 0 Å². The third-order valence-corrected chi connectivity index (χ3v) is 3.31. The van der Waals surface area contributed by atoms with Crippen LogP contribution in [0.2, 0.25) is 0 Å². The van der Waals surface area contributed by atoms with Crippen LogP contribution in [-0.4, -0.2) is 58.6 Å². The number of hydrogen-bond donors (Lipinski definition) is 1. The molecule has 2 heterocycles. The van der Waals surface area contributed by atoms with Crippen molar-refractivity contribution >= 4 is 5.91 Å². The van der Waals surface area contributed by atoms with Gasteiger partial charge in [0, 0.05) is 31.4 Å². The Hall–Kier alpha value is -1.36. The van der Waals surface area contributed by atoms with Gasteiger partial charge in [0.15, 0.2) is 0 Å². The first kappa shape index (κ1) is 11.1. The first-order chi connectivity index (χ1) is 7.59. The summed E-state index contributed by atoms with van der Waals surface area (Å²) >= 11 is 0. The molecule has 1 aliphatic heterocycles. The van der Waals surface area contributed by atoms with Crippen LogP contribution in [0.15, 0.2) is 6.20 Å². The molecule has 1 aliphatic rings. The van der Waals surface area contributed by atoms with Crippen molar-refractivity contribution in [3.05, 3.63) is 17.5 Å². The van der Waals surface area contributed by atoms with Crippen LogP contribution in [0.3, 0.4) is 0 Å². The second-order valence-corrected chi connectivity index (χ2v) is 4.49. The SMILES string of the molecule is Cc1[nH]ncc1C(=O)N1CCN(C)C(C)C1. The van der Waals surface area contributed by atoms with E-state index in [2.05, 4.69) is 29.1 Å². The summed E-state index contributed by atoms with van der Waals surface area (Å²) in [7, 11) is 2.09. The molecule has 16 heavy (non-hydrogen) atoms. The molecule has 0 bridgehead atoms. The van der Waals surface area contributed by atoms with Crippen molar-refractivity contribution in [1.29, 1.82) is 0 Å². The number of hydrogen-bond acceptors (Lipinski definition) is 3. The number of aromatic amines is 1. The van der Waals surface area contributed by atoms with Crippen LogP contribution < -0.4 is 0 Å². The Morgan fingerprint density at radius 2 is 2.31 bits per heavy atom. The van der Waals surface area contributed by atoms with Gasteiger partial charge in [-0.05, 0) is 20.9 Å². The Kier molecular flexibility index (Phi) is 2.96. The smallest absolute Gasteiger partial charge is 0.257 e. The van der Waals surface area contributed by atoms with Crippen molar-refractivity contribution in [3.8, 4) is 0 Å². The van der Waals surface area contributed by atoms with E-state index >= 15 is 0 Å². The van der Waals surface area contributed by atoms with Crippen LogP contribution in [0.1, 0.15) is 23.0 Å². The fraction of sp³-hybridized carbons (Fsp3) is 0.636. The van der Waals surface area contributed by atoms with Crippen LogP contribution >= 0.6 is 0 Å². The zero-order chi connectivity index (χ0) is 11.7. The number of amides is 1. The Bertz CT molecular complexity index is 387. The average molecular weight is 222 g/mol. The van der Waals surface area contributed by atoms with Crippen molar-refractivity contribution in [2.75, 3.05) is 26.7 Å². The molecule has 0 aliphatic carbocycles. The summed E-state index contributed by atoms with van der Waals surface area (Å²) < 4.78 is 0. The lowest BCUT2D eigenvalue weighted by Gasteiger charge is -2.37. The average Bonchev–Trinajstić information content (AvgIpc) is 2.67. The minimum Gasteiger partial charge on any atom is -0.336 e. The maximum absolute atomic E-state index is 12.2. The van der Waals surface area contributed by atoms with Gasteiger partial charge in [-0.2, -0.15) is 5.10 Å².